The third-order valence-corrected chi connectivity index (χ3v) is 3.88. The number of methoxy groups -OCH3 is 1. The first-order chi connectivity index (χ1) is 12.2. The lowest BCUT2D eigenvalue weighted by molar-refractivity contribution is 0.133. The Balaban J connectivity index is 0.00000338. The Hall–Kier alpha value is -1.80. The maximum Gasteiger partial charge on any atom is 0.188 e. The van der Waals surface area contributed by atoms with Crippen LogP contribution >= 0.6 is 24.0 Å². The topological polar surface area (TPSA) is 68.9 Å². The highest BCUT2D eigenvalue weighted by molar-refractivity contribution is 14.0. The standard InChI is InChI=1S/C20H27N3O2.HI/c1-3-25-15-18-7-5-4-6-17(18)14-23-20(21)22-13-12-16-8-10-19(24-2)11-9-16;/h4-11H,3,12-15H2,1-2H3,(H3,21,22,23);1H. The van der Waals surface area contributed by atoms with Crippen molar-refractivity contribution in [1.29, 1.82) is 0 Å². The Morgan fingerprint density at radius 3 is 2.42 bits per heavy atom. The van der Waals surface area contributed by atoms with Gasteiger partial charge in [0.1, 0.15) is 5.75 Å². The van der Waals surface area contributed by atoms with Gasteiger partial charge in [0.25, 0.3) is 0 Å². The molecule has 0 unspecified atom stereocenters. The molecular weight excluding hydrogens is 441 g/mol. The van der Waals surface area contributed by atoms with Crippen LogP contribution in [0.1, 0.15) is 23.6 Å². The van der Waals surface area contributed by atoms with Crippen LogP contribution in [0.5, 0.6) is 5.75 Å². The van der Waals surface area contributed by atoms with Crippen LogP contribution < -0.4 is 15.8 Å². The third-order valence-electron chi connectivity index (χ3n) is 3.88. The zero-order valence-electron chi connectivity index (χ0n) is 15.4. The second kappa shape index (κ2) is 12.5. The molecule has 0 saturated heterocycles. The van der Waals surface area contributed by atoms with Gasteiger partial charge in [-0.15, -0.1) is 24.0 Å². The van der Waals surface area contributed by atoms with Gasteiger partial charge in [-0.2, -0.15) is 0 Å². The highest BCUT2D eigenvalue weighted by atomic mass is 127. The van der Waals surface area contributed by atoms with E-state index in [2.05, 4.69) is 34.6 Å². The van der Waals surface area contributed by atoms with Crippen LogP contribution in [0.15, 0.2) is 53.5 Å². The molecule has 26 heavy (non-hydrogen) atoms. The molecule has 0 atom stereocenters. The van der Waals surface area contributed by atoms with Crippen molar-refractivity contribution < 1.29 is 9.47 Å². The van der Waals surface area contributed by atoms with Gasteiger partial charge in [-0.25, -0.2) is 4.99 Å². The summed E-state index contributed by atoms with van der Waals surface area (Å²) in [5.41, 5.74) is 9.48. The molecule has 2 aromatic carbocycles. The quantitative estimate of drug-likeness (QED) is 0.335. The van der Waals surface area contributed by atoms with E-state index >= 15 is 0 Å². The fourth-order valence-corrected chi connectivity index (χ4v) is 2.42. The van der Waals surface area contributed by atoms with Crippen molar-refractivity contribution in [2.75, 3.05) is 20.3 Å². The smallest absolute Gasteiger partial charge is 0.188 e. The molecule has 0 heterocycles. The number of hydrogen-bond donors (Lipinski definition) is 2. The zero-order valence-corrected chi connectivity index (χ0v) is 17.7. The fourth-order valence-electron chi connectivity index (χ4n) is 2.42. The molecule has 142 valence electrons. The fraction of sp³-hybridized carbons (Fsp3) is 0.350. The van der Waals surface area contributed by atoms with Gasteiger partial charge in [-0.3, -0.25) is 0 Å². The predicted octanol–water partition coefficient (Wildman–Crippen LogP) is 3.50. The van der Waals surface area contributed by atoms with Gasteiger partial charge >= 0.3 is 0 Å². The molecule has 0 bridgehead atoms. The lowest BCUT2D eigenvalue weighted by Crippen LogP contribution is -2.33. The number of nitrogens with one attached hydrogen (secondary N) is 1. The summed E-state index contributed by atoms with van der Waals surface area (Å²) in [5, 5.41) is 3.16. The molecule has 0 saturated carbocycles. The monoisotopic (exact) mass is 469 g/mol. The average molecular weight is 469 g/mol. The summed E-state index contributed by atoms with van der Waals surface area (Å²) < 4.78 is 10.6. The SMILES string of the molecule is CCOCc1ccccc1CN=C(N)NCCc1ccc(OC)cc1.I. The van der Waals surface area contributed by atoms with Crippen molar-refractivity contribution >= 4 is 29.9 Å². The molecule has 6 heteroatoms. The molecular formula is C20H28IN3O2. The normalized spacial score (nSPS) is 10.9. The largest absolute Gasteiger partial charge is 0.497 e. The molecule has 5 nitrogen and oxygen atoms in total. The average Bonchev–Trinajstić information content (AvgIpc) is 2.66. The number of guanidine groups is 1. The van der Waals surface area contributed by atoms with Crippen molar-refractivity contribution in [3.8, 4) is 5.75 Å². The minimum absolute atomic E-state index is 0. The van der Waals surface area contributed by atoms with Gasteiger partial charge in [0.2, 0.25) is 0 Å². The van der Waals surface area contributed by atoms with E-state index in [4.69, 9.17) is 15.2 Å². The Labute approximate surface area is 173 Å². The minimum atomic E-state index is 0. The Bertz CT molecular complexity index is 675. The molecule has 0 aliphatic carbocycles. The van der Waals surface area contributed by atoms with Crippen LogP contribution in [0.3, 0.4) is 0 Å². The van der Waals surface area contributed by atoms with Crippen LogP contribution in [0.25, 0.3) is 0 Å². The predicted molar refractivity (Wildman–Crippen MR) is 117 cm³/mol. The van der Waals surface area contributed by atoms with Gasteiger partial charge in [0.15, 0.2) is 5.96 Å². The Morgan fingerprint density at radius 2 is 1.77 bits per heavy atom. The van der Waals surface area contributed by atoms with Crippen LogP contribution in [0.4, 0.5) is 0 Å². The lowest BCUT2D eigenvalue weighted by Gasteiger charge is -2.09. The van der Waals surface area contributed by atoms with E-state index in [9.17, 15) is 0 Å². The van der Waals surface area contributed by atoms with Crippen LogP contribution in [-0.2, 0) is 24.3 Å². The number of halogens is 1. The van der Waals surface area contributed by atoms with Crippen LogP contribution in [-0.4, -0.2) is 26.2 Å². The van der Waals surface area contributed by atoms with E-state index in [0.717, 1.165) is 29.8 Å². The molecule has 0 fully saturated rings. The van der Waals surface area contributed by atoms with Gasteiger partial charge in [0.05, 0.1) is 20.3 Å². The molecule has 2 aromatic rings. The summed E-state index contributed by atoms with van der Waals surface area (Å²) >= 11 is 0. The summed E-state index contributed by atoms with van der Waals surface area (Å²) in [5.74, 6) is 1.32. The summed E-state index contributed by atoms with van der Waals surface area (Å²) in [6, 6.07) is 16.2. The van der Waals surface area contributed by atoms with Gasteiger partial charge < -0.3 is 20.5 Å². The van der Waals surface area contributed by atoms with E-state index in [1.807, 2.05) is 31.2 Å². The maximum absolute atomic E-state index is 5.97. The first-order valence-electron chi connectivity index (χ1n) is 8.54. The number of ether oxygens (including phenoxy) is 2. The van der Waals surface area contributed by atoms with Crippen molar-refractivity contribution in [1.82, 2.24) is 5.32 Å². The van der Waals surface area contributed by atoms with E-state index in [1.54, 1.807) is 7.11 Å². The lowest BCUT2D eigenvalue weighted by atomic mass is 10.1. The number of benzene rings is 2. The van der Waals surface area contributed by atoms with Gasteiger partial charge in [0, 0.05) is 13.2 Å². The summed E-state index contributed by atoms with van der Waals surface area (Å²) in [7, 11) is 1.67. The highest BCUT2D eigenvalue weighted by Gasteiger charge is 2.02. The van der Waals surface area contributed by atoms with Crippen LogP contribution in [0.2, 0.25) is 0 Å². The number of hydrogen-bond acceptors (Lipinski definition) is 3. The van der Waals surface area contributed by atoms with Crippen molar-refractivity contribution in [2.45, 2.75) is 26.5 Å². The van der Waals surface area contributed by atoms with Gasteiger partial charge in [-0.05, 0) is 42.2 Å². The molecule has 0 aromatic heterocycles. The molecule has 0 radical (unpaired) electrons. The minimum Gasteiger partial charge on any atom is -0.497 e. The number of aliphatic imine (C=N–C) groups is 1. The summed E-state index contributed by atoms with van der Waals surface area (Å²) in [4.78, 5) is 4.43. The van der Waals surface area contributed by atoms with Gasteiger partial charge in [-0.1, -0.05) is 36.4 Å². The Morgan fingerprint density at radius 1 is 1.08 bits per heavy atom. The molecule has 0 amide bonds. The van der Waals surface area contributed by atoms with E-state index in [1.165, 1.54) is 5.56 Å². The third kappa shape index (κ3) is 7.61. The maximum atomic E-state index is 5.97. The Kier molecular flexibility index (Phi) is 10.7. The first-order valence-corrected chi connectivity index (χ1v) is 8.54. The molecule has 0 spiro atoms. The zero-order chi connectivity index (χ0) is 17.9. The summed E-state index contributed by atoms with van der Waals surface area (Å²) in [6.45, 7) is 4.58. The molecule has 0 aliphatic heterocycles. The summed E-state index contributed by atoms with van der Waals surface area (Å²) in [6.07, 6.45) is 0.876. The molecule has 3 N–H and O–H groups in total. The molecule has 0 aliphatic rings. The van der Waals surface area contributed by atoms with E-state index in [-0.39, 0.29) is 24.0 Å². The first kappa shape index (κ1) is 22.2. The number of nitrogens with zero attached hydrogens (tertiary/aromatic N) is 1. The molecule has 2 rings (SSSR count). The van der Waals surface area contributed by atoms with Crippen molar-refractivity contribution in [3.05, 3.63) is 65.2 Å². The van der Waals surface area contributed by atoms with E-state index < -0.39 is 0 Å². The number of nitrogens with two attached hydrogens (primary N) is 1. The van der Waals surface area contributed by atoms with Crippen LogP contribution in [0, 0.1) is 0 Å². The highest BCUT2D eigenvalue weighted by Crippen LogP contribution is 2.12. The second-order valence-electron chi connectivity index (χ2n) is 5.63. The van der Waals surface area contributed by atoms with Crippen molar-refractivity contribution in [2.24, 2.45) is 10.7 Å². The second-order valence-corrected chi connectivity index (χ2v) is 5.63. The number of rotatable bonds is 9. The van der Waals surface area contributed by atoms with Crippen molar-refractivity contribution in [3.63, 3.8) is 0 Å². The van der Waals surface area contributed by atoms with E-state index in [0.29, 0.717) is 25.7 Å².